The highest BCUT2D eigenvalue weighted by atomic mass is 19.1. The van der Waals surface area contributed by atoms with Gasteiger partial charge in [0.15, 0.2) is 5.82 Å². The van der Waals surface area contributed by atoms with E-state index >= 15 is 8.78 Å². The lowest BCUT2D eigenvalue weighted by atomic mass is 9.79. The Labute approximate surface area is 413 Å². The minimum absolute atomic E-state index is 0.00508. The summed E-state index contributed by atoms with van der Waals surface area (Å²) < 4.78 is 39.2. The van der Waals surface area contributed by atoms with E-state index in [9.17, 15) is 24.6 Å². The number of aryl methyl sites for hydroxylation is 1. The van der Waals surface area contributed by atoms with Crippen molar-refractivity contribution in [3.8, 4) is 22.8 Å². The number of β-amino-alcohol motifs (C(OH)–C–C–N with tert-alkyl or cyclic N) is 1. The molecule has 11 rings (SSSR count). The number of hydrogen-bond donors (Lipinski definition) is 3. The average Bonchev–Trinajstić information content (AvgIpc) is 4.04. The van der Waals surface area contributed by atoms with Crippen LogP contribution < -0.4 is 19.9 Å². The number of fused-ring (bicyclic) bond motifs is 3. The highest BCUT2D eigenvalue weighted by Gasteiger charge is 2.46. The van der Waals surface area contributed by atoms with Gasteiger partial charge in [0.1, 0.15) is 29.1 Å². The van der Waals surface area contributed by atoms with Gasteiger partial charge in [0.2, 0.25) is 11.8 Å². The maximum atomic E-state index is 17.3. The van der Waals surface area contributed by atoms with Crippen molar-refractivity contribution >= 4 is 50.6 Å². The number of amides is 3. The molecule has 2 atom stereocenters. The zero-order valence-corrected chi connectivity index (χ0v) is 41.2. The molecule has 1 saturated carbocycles. The van der Waals surface area contributed by atoms with Gasteiger partial charge < -0.3 is 34.5 Å². The van der Waals surface area contributed by atoms with Gasteiger partial charge in [-0.05, 0) is 141 Å². The molecule has 13 nitrogen and oxygen atoms in total. The number of pyridine rings is 1. The summed E-state index contributed by atoms with van der Waals surface area (Å²) >= 11 is 0. The second-order valence-electron chi connectivity index (χ2n) is 22.2. The number of rotatable bonds is 12. The first-order valence-corrected chi connectivity index (χ1v) is 25.7. The molecule has 6 aliphatic rings. The number of piperazine rings is 1. The number of ether oxygens (including phenoxy) is 1. The molecule has 5 aromatic rings. The van der Waals surface area contributed by atoms with Gasteiger partial charge in [0.05, 0.1) is 17.9 Å². The highest BCUT2D eigenvalue weighted by Crippen LogP contribution is 2.49. The summed E-state index contributed by atoms with van der Waals surface area (Å²) in [7, 11) is 0. The van der Waals surface area contributed by atoms with Crippen LogP contribution in [-0.4, -0.2) is 131 Å². The van der Waals surface area contributed by atoms with E-state index in [2.05, 4.69) is 42.9 Å². The van der Waals surface area contributed by atoms with Crippen LogP contribution in [0.1, 0.15) is 93.6 Å². The fraction of sp³-hybridized carbons (Fsp3) is 0.500. The summed E-state index contributed by atoms with van der Waals surface area (Å²) in [6, 6.07) is 15.1. The largest absolute Gasteiger partial charge is 0.508 e. The van der Waals surface area contributed by atoms with Crippen LogP contribution in [0.2, 0.25) is 0 Å². The van der Waals surface area contributed by atoms with Crippen molar-refractivity contribution < 1.29 is 38.1 Å². The molecule has 0 radical (unpaired) electrons. The molecule has 5 fully saturated rings. The molecule has 71 heavy (non-hydrogen) atoms. The smallest absolute Gasteiger partial charge is 0.255 e. The number of piperidine rings is 3. The Bertz CT molecular complexity index is 2940. The Morgan fingerprint density at radius 3 is 2.34 bits per heavy atom. The van der Waals surface area contributed by atoms with Crippen molar-refractivity contribution in [1.82, 2.24) is 25.0 Å². The Morgan fingerprint density at radius 1 is 0.831 bits per heavy atom. The average molecular weight is 970 g/mol. The fourth-order valence-electron chi connectivity index (χ4n) is 12.3. The number of nitrogens with zero attached hydrogens (tertiary/aromatic N) is 6. The molecular formula is C56H65F2N7O6. The van der Waals surface area contributed by atoms with Crippen molar-refractivity contribution in [2.75, 3.05) is 81.9 Å². The molecule has 0 spiro atoms. The zero-order valence-electron chi connectivity index (χ0n) is 41.2. The van der Waals surface area contributed by atoms with Crippen LogP contribution in [0.5, 0.6) is 11.5 Å². The normalized spacial score (nSPS) is 23.7. The second-order valence-corrected chi connectivity index (χ2v) is 22.2. The minimum atomic E-state index is -0.909. The first-order valence-electron chi connectivity index (χ1n) is 25.7. The molecule has 3 N–H and O–H groups in total. The number of carbonyl (C=O) groups excluding carboxylic acids is 3. The number of phenols is 1. The molecule has 1 aliphatic carbocycles. The summed E-state index contributed by atoms with van der Waals surface area (Å²) in [5.74, 6) is -1.30. The van der Waals surface area contributed by atoms with Crippen LogP contribution in [0.4, 0.5) is 20.2 Å². The first kappa shape index (κ1) is 47.4. The number of hydrogen-bond acceptors (Lipinski definition) is 11. The quantitative estimate of drug-likeness (QED) is 0.106. The number of carbonyl (C=O) groups is 3. The summed E-state index contributed by atoms with van der Waals surface area (Å²) in [5, 5.41) is 26.4. The number of aliphatic hydroxyl groups is 1. The molecule has 15 heteroatoms. The Kier molecular flexibility index (Phi) is 12.2. The van der Waals surface area contributed by atoms with Crippen LogP contribution in [0, 0.1) is 22.5 Å². The lowest BCUT2D eigenvalue weighted by Crippen LogP contribution is -2.52. The van der Waals surface area contributed by atoms with Crippen molar-refractivity contribution in [3.05, 3.63) is 89.1 Å². The number of benzene rings is 4. The molecule has 6 heterocycles. The molecule has 0 bridgehead atoms. The van der Waals surface area contributed by atoms with Crippen molar-refractivity contribution in [2.24, 2.45) is 10.8 Å². The summed E-state index contributed by atoms with van der Waals surface area (Å²) in [4.78, 5) is 53.5. The number of imide groups is 1. The maximum Gasteiger partial charge on any atom is 0.255 e. The number of aromatic nitrogens is 1. The molecular weight excluding hydrogens is 905 g/mol. The number of phenolic OH excluding ortho intramolecular Hbond substituents is 1. The third-order valence-corrected chi connectivity index (χ3v) is 16.7. The zero-order chi connectivity index (χ0) is 49.4. The second kappa shape index (κ2) is 18.3. The van der Waals surface area contributed by atoms with E-state index in [1.807, 2.05) is 32.0 Å². The van der Waals surface area contributed by atoms with Gasteiger partial charge >= 0.3 is 0 Å². The highest BCUT2D eigenvalue weighted by molar-refractivity contribution is 6.06. The Morgan fingerprint density at radius 2 is 1.61 bits per heavy atom. The summed E-state index contributed by atoms with van der Waals surface area (Å²) in [6.07, 6.45) is 8.41. The predicted molar refractivity (Wildman–Crippen MR) is 270 cm³/mol. The Hall–Kier alpha value is -5.90. The topological polar surface area (TPSA) is 142 Å². The molecule has 374 valence electrons. The fourth-order valence-corrected chi connectivity index (χ4v) is 12.3. The molecule has 4 aromatic carbocycles. The number of halogens is 2. The van der Waals surface area contributed by atoms with Gasteiger partial charge in [-0.25, -0.2) is 8.78 Å². The number of nitrogens with one attached hydrogen (secondary N) is 1. The lowest BCUT2D eigenvalue weighted by Gasteiger charge is -2.45. The summed E-state index contributed by atoms with van der Waals surface area (Å²) in [6.45, 7) is 15.8. The third kappa shape index (κ3) is 9.29. The van der Waals surface area contributed by atoms with Crippen LogP contribution >= 0.6 is 0 Å². The molecule has 4 saturated heterocycles. The van der Waals surface area contributed by atoms with E-state index in [-0.39, 0.29) is 46.3 Å². The van der Waals surface area contributed by atoms with E-state index in [0.29, 0.717) is 89.5 Å². The lowest BCUT2D eigenvalue weighted by molar-refractivity contribution is -0.136. The van der Waals surface area contributed by atoms with Crippen LogP contribution in [0.15, 0.2) is 60.8 Å². The maximum absolute atomic E-state index is 17.3. The predicted octanol–water partition coefficient (Wildman–Crippen LogP) is 7.80. The van der Waals surface area contributed by atoms with Crippen LogP contribution in [0.25, 0.3) is 32.8 Å². The standard InChI is InChI=1S/C56H65F2N7O6/c1-4-40-45(57)9-6-35-25-38(66)26-43(49(35)40)51-50(58)42-27-39(28-47(44(42)29-59-51)64-17-5-12-55(3,70)32-64)71-34-56(13-14-56)33-61-18-15-54(2,16-19-61)31-62-20-22-63(23-21-62)37-7-8-41-36(24-37)30-65(53(41)69)46-10-11-48(67)60-52(46)68/h6-9,24-29,46,66,70H,4-5,10-23,30-34H2,1-3H3,(H,60,67,68)/t46-,55+/m0/s1. The molecule has 3 amide bonds. The molecule has 0 unspecified atom stereocenters. The van der Waals surface area contributed by atoms with Gasteiger partial charge in [0.25, 0.3) is 5.91 Å². The van der Waals surface area contributed by atoms with E-state index < -0.39 is 23.4 Å². The van der Waals surface area contributed by atoms with Crippen LogP contribution in [0.3, 0.4) is 0 Å². The van der Waals surface area contributed by atoms with Gasteiger partial charge in [-0.15, -0.1) is 0 Å². The summed E-state index contributed by atoms with van der Waals surface area (Å²) in [5.41, 5.74) is 3.51. The number of anilines is 2. The van der Waals surface area contributed by atoms with Gasteiger partial charge in [-0.1, -0.05) is 19.9 Å². The minimum Gasteiger partial charge on any atom is -0.508 e. The van der Waals surface area contributed by atoms with E-state index in [1.165, 1.54) is 12.1 Å². The Balaban J connectivity index is 0.733. The van der Waals surface area contributed by atoms with Gasteiger partial charge in [0, 0.05) is 111 Å². The number of likely N-dealkylation sites (tertiary alicyclic amines) is 1. The van der Waals surface area contributed by atoms with Crippen molar-refractivity contribution in [3.63, 3.8) is 0 Å². The molecule has 5 aliphatic heterocycles. The third-order valence-electron chi connectivity index (χ3n) is 16.7. The SMILES string of the molecule is CCc1c(F)ccc2cc(O)cc(-c3ncc4c(N5CCC[C@@](C)(O)C5)cc(OCC5(CN6CCC(C)(CN7CCN(c8ccc9c(c8)CN([C@H]8CCC(=O)NC8=O)C9=O)CC7)CC6)CC5)cc4c3F)c12. The van der Waals surface area contributed by atoms with Crippen molar-refractivity contribution in [2.45, 2.75) is 96.7 Å². The monoisotopic (exact) mass is 969 g/mol. The first-order chi connectivity index (χ1) is 34.1. The van der Waals surface area contributed by atoms with Crippen molar-refractivity contribution in [1.29, 1.82) is 0 Å². The van der Waals surface area contributed by atoms with E-state index in [1.54, 1.807) is 29.3 Å². The van der Waals surface area contributed by atoms with Gasteiger partial charge in [-0.3, -0.25) is 29.6 Å². The van der Waals surface area contributed by atoms with Gasteiger partial charge in [-0.2, -0.15) is 0 Å². The van der Waals surface area contributed by atoms with Crippen LogP contribution in [-0.2, 0) is 22.6 Å². The molecule has 1 aromatic heterocycles. The van der Waals surface area contributed by atoms with E-state index in [0.717, 1.165) is 101 Å². The van der Waals surface area contributed by atoms with E-state index in [4.69, 9.17) is 4.74 Å². The number of aromatic hydroxyl groups is 1.